The number of rotatable bonds is 5. The molecule has 0 saturated heterocycles. The largest absolute Gasteiger partial charge is 0.366 e. The molecule has 0 aromatic carbocycles. The van der Waals surface area contributed by atoms with E-state index in [4.69, 9.17) is 0 Å². The zero-order valence-corrected chi connectivity index (χ0v) is 10.9. The van der Waals surface area contributed by atoms with Gasteiger partial charge < -0.3 is 10.6 Å². The molecule has 2 rings (SSSR count). The molecule has 1 atom stereocenters. The fourth-order valence-corrected chi connectivity index (χ4v) is 2.07. The predicted octanol–water partition coefficient (Wildman–Crippen LogP) is 1.83. The summed E-state index contributed by atoms with van der Waals surface area (Å²) in [6.07, 6.45) is 3.91. The van der Waals surface area contributed by atoms with E-state index in [0.717, 1.165) is 11.7 Å². The van der Waals surface area contributed by atoms with E-state index < -0.39 is 0 Å². The standard InChI is InChI=1S/C13H20N4O/c1-3-14-13(18)11-7-8-12(17-16-11)15-9(2)10-5-4-6-10/h7-10H,3-6H2,1-2H3,(H,14,18)(H,15,17). The summed E-state index contributed by atoms with van der Waals surface area (Å²) in [5.74, 6) is 1.31. The Kier molecular flexibility index (Phi) is 4.12. The Bertz CT molecular complexity index is 400. The van der Waals surface area contributed by atoms with Crippen LogP contribution in [0.25, 0.3) is 0 Å². The van der Waals surface area contributed by atoms with Crippen molar-refractivity contribution in [3.8, 4) is 0 Å². The van der Waals surface area contributed by atoms with Crippen molar-refractivity contribution in [1.29, 1.82) is 0 Å². The van der Waals surface area contributed by atoms with Crippen molar-refractivity contribution in [1.82, 2.24) is 15.5 Å². The van der Waals surface area contributed by atoms with E-state index in [-0.39, 0.29) is 5.91 Å². The van der Waals surface area contributed by atoms with Gasteiger partial charge in [-0.05, 0) is 44.7 Å². The van der Waals surface area contributed by atoms with Crippen LogP contribution in [0.3, 0.4) is 0 Å². The number of nitrogens with one attached hydrogen (secondary N) is 2. The van der Waals surface area contributed by atoms with E-state index in [2.05, 4.69) is 27.8 Å². The molecule has 0 radical (unpaired) electrons. The molecule has 0 spiro atoms. The molecule has 98 valence electrons. The third kappa shape index (κ3) is 2.97. The minimum absolute atomic E-state index is 0.177. The first kappa shape index (κ1) is 12.8. The number of hydrogen-bond acceptors (Lipinski definition) is 4. The smallest absolute Gasteiger partial charge is 0.271 e. The second kappa shape index (κ2) is 5.80. The fourth-order valence-electron chi connectivity index (χ4n) is 2.07. The average Bonchev–Trinajstić information content (AvgIpc) is 2.27. The Labute approximate surface area is 107 Å². The third-order valence-electron chi connectivity index (χ3n) is 3.47. The second-order valence-corrected chi connectivity index (χ2v) is 4.79. The predicted molar refractivity (Wildman–Crippen MR) is 70.5 cm³/mol. The normalized spacial score (nSPS) is 16.8. The van der Waals surface area contributed by atoms with Gasteiger partial charge in [-0.2, -0.15) is 0 Å². The lowest BCUT2D eigenvalue weighted by Gasteiger charge is -2.32. The third-order valence-corrected chi connectivity index (χ3v) is 3.47. The van der Waals surface area contributed by atoms with Crippen molar-refractivity contribution < 1.29 is 4.79 Å². The topological polar surface area (TPSA) is 66.9 Å². The minimum Gasteiger partial charge on any atom is -0.366 e. The van der Waals surface area contributed by atoms with Gasteiger partial charge in [0.25, 0.3) is 5.91 Å². The van der Waals surface area contributed by atoms with Crippen molar-refractivity contribution in [2.45, 2.75) is 39.2 Å². The van der Waals surface area contributed by atoms with Crippen molar-refractivity contribution in [3.63, 3.8) is 0 Å². The van der Waals surface area contributed by atoms with Gasteiger partial charge >= 0.3 is 0 Å². The Morgan fingerprint density at radius 3 is 2.72 bits per heavy atom. The average molecular weight is 248 g/mol. The number of hydrogen-bond donors (Lipinski definition) is 2. The van der Waals surface area contributed by atoms with Crippen LogP contribution < -0.4 is 10.6 Å². The van der Waals surface area contributed by atoms with Crippen LogP contribution in [-0.2, 0) is 0 Å². The van der Waals surface area contributed by atoms with Gasteiger partial charge in [-0.25, -0.2) is 0 Å². The van der Waals surface area contributed by atoms with Gasteiger partial charge in [0.1, 0.15) is 5.82 Å². The number of carbonyl (C=O) groups excluding carboxylic acids is 1. The Morgan fingerprint density at radius 2 is 2.22 bits per heavy atom. The van der Waals surface area contributed by atoms with E-state index in [9.17, 15) is 4.79 Å². The first-order chi connectivity index (χ1) is 8.70. The molecule has 5 heteroatoms. The zero-order valence-electron chi connectivity index (χ0n) is 10.9. The van der Waals surface area contributed by atoms with Crippen LogP contribution in [0, 0.1) is 5.92 Å². The highest BCUT2D eigenvalue weighted by Gasteiger charge is 2.23. The first-order valence-corrected chi connectivity index (χ1v) is 6.59. The summed E-state index contributed by atoms with van der Waals surface area (Å²) in [4.78, 5) is 11.5. The van der Waals surface area contributed by atoms with E-state index in [1.54, 1.807) is 6.07 Å². The lowest BCUT2D eigenvalue weighted by molar-refractivity contribution is 0.0950. The molecule has 1 aromatic rings. The summed E-state index contributed by atoms with van der Waals surface area (Å²) in [6, 6.07) is 3.93. The molecule has 1 heterocycles. The number of carbonyl (C=O) groups is 1. The van der Waals surface area contributed by atoms with Crippen LogP contribution in [-0.4, -0.2) is 28.7 Å². The Morgan fingerprint density at radius 1 is 1.44 bits per heavy atom. The maximum absolute atomic E-state index is 11.5. The SMILES string of the molecule is CCNC(=O)c1ccc(NC(C)C2CCC2)nn1. The van der Waals surface area contributed by atoms with Gasteiger partial charge in [-0.15, -0.1) is 10.2 Å². The number of aromatic nitrogens is 2. The lowest BCUT2D eigenvalue weighted by Crippen LogP contribution is -2.31. The summed E-state index contributed by atoms with van der Waals surface area (Å²) in [5, 5.41) is 14.0. The number of anilines is 1. The molecule has 0 bridgehead atoms. The summed E-state index contributed by atoms with van der Waals surface area (Å²) >= 11 is 0. The Hall–Kier alpha value is -1.65. The van der Waals surface area contributed by atoms with Gasteiger partial charge in [-0.1, -0.05) is 6.42 Å². The zero-order chi connectivity index (χ0) is 13.0. The molecular weight excluding hydrogens is 228 g/mol. The molecule has 1 fully saturated rings. The molecule has 1 saturated carbocycles. The molecule has 1 unspecified atom stereocenters. The summed E-state index contributed by atoms with van der Waals surface area (Å²) in [6.45, 7) is 4.64. The van der Waals surface area contributed by atoms with Crippen LogP contribution in [0.4, 0.5) is 5.82 Å². The van der Waals surface area contributed by atoms with Crippen LogP contribution >= 0.6 is 0 Å². The molecule has 1 aliphatic carbocycles. The van der Waals surface area contributed by atoms with E-state index in [0.29, 0.717) is 18.3 Å². The van der Waals surface area contributed by atoms with Gasteiger partial charge in [0.15, 0.2) is 5.69 Å². The Balaban J connectivity index is 1.92. The molecule has 18 heavy (non-hydrogen) atoms. The quantitative estimate of drug-likeness (QED) is 0.834. The summed E-state index contributed by atoms with van der Waals surface area (Å²) in [5.41, 5.74) is 0.360. The highest BCUT2D eigenvalue weighted by molar-refractivity contribution is 5.92. The van der Waals surface area contributed by atoms with E-state index in [1.807, 2.05) is 13.0 Å². The highest BCUT2D eigenvalue weighted by atomic mass is 16.1. The molecule has 1 aliphatic rings. The number of amides is 1. The molecule has 1 amide bonds. The number of nitrogens with zero attached hydrogens (tertiary/aromatic N) is 2. The van der Waals surface area contributed by atoms with Crippen molar-refractivity contribution in [2.75, 3.05) is 11.9 Å². The highest BCUT2D eigenvalue weighted by Crippen LogP contribution is 2.30. The van der Waals surface area contributed by atoms with Gasteiger partial charge in [-0.3, -0.25) is 4.79 Å². The maximum atomic E-state index is 11.5. The van der Waals surface area contributed by atoms with Gasteiger partial charge in [0.05, 0.1) is 0 Å². The van der Waals surface area contributed by atoms with E-state index in [1.165, 1.54) is 19.3 Å². The first-order valence-electron chi connectivity index (χ1n) is 6.59. The van der Waals surface area contributed by atoms with Crippen molar-refractivity contribution in [3.05, 3.63) is 17.8 Å². The van der Waals surface area contributed by atoms with Gasteiger partial charge in [0, 0.05) is 12.6 Å². The maximum Gasteiger partial charge on any atom is 0.271 e. The van der Waals surface area contributed by atoms with E-state index >= 15 is 0 Å². The molecular formula is C13H20N4O. The van der Waals surface area contributed by atoms with Crippen molar-refractivity contribution in [2.24, 2.45) is 5.92 Å². The molecule has 1 aromatic heterocycles. The summed E-state index contributed by atoms with van der Waals surface area (Å²) in [7, 11) is 0. The van der Waals surface area contributed by atoms with Crippen LogP contribution in [0.5, 0.6) is 0 Å². The fraction of sp³-hybridized carbons (Fsp3) is 0.615. The summed E-state index contributed by atoms with van der Waals surface area (Å²) < 4.78 is 0. The van der Waals surface area contributed by atoms with Gasteiger partial charge in [0.2, 0.25) is 0 Å². The van der Waals surface area contributed by atoms with Crippen LogP contribution in [0.1, 0.15) is 43.6 Å². The minimum atomic E-state index is -0.177. The molecule has 2 N–H and O–H groups in total. The lowest BCUT2D eigenvalue weighted by atomic mass is 9.80. The van der Waals surface area contributed by atoms with Crippen molar-refractivity contribution >= 4 is 11.7 Å². The molecule has 0 aliphatic heterocycles. The molecule has 5 nitrogen and oxygen atoms in total. The second-order valence-electron chi connectivity index (χ2n) is 4.79. The van der Waals surface area contributed by atoms with Crippen LogP contribution in [0.15, 0.2) is 12.1 Å². The monoisotopic (exact) mass is 248 g/mol. The van der Waals surface area contributed by atoms with Crippen LogP contribution in [0.2, 0.25) is 0 Å².